The zero-order chi connectivity index (χ0) is 15.9. The van der Waals surface area contributed by atoms with Crippen molar-refractivity contribution >= 4 is 11.8 Å². The van der Waals surface area contributed by atoms with Gasteiger partial charge in [0.1, 0.15) is 6.04 Å². The number of aryl methyl sites for hydroxylation is 1. The molecule has 21 heavy (non-hydrogen) atoms. The molecule has 1 aromatic heterocycles. The van der Waals surface area contributed by atoms with Crippen LogP contribution in [0.1, 0.15) is 61.9 Å². The van der Waals surface area contributed by atoms with Crippen molar-refractivity contribution in [2.75, 3.05) is 7.11 Å². The summed E-state index contributed by atoms with van der Waals surface area (Å²) in [5.74, 6) is 0.0330. The Morgan fingerprint density at radius 3 is 2.48 bits per heavy atom. The molecule has 0 bridgehead atoms. The van der Waals surface area contributed by atoms with Gasteiger partial charge in [0.15, 0.2) is 5.78 Å². The molecule has 0 radical (unpaired) electrons. The Labute approximate surface area is 126 Å². The summed E-state index contributed by atoms with van der Waals surface area (Å²) in [6.07, 6.45) is 1.37. The third kappa shape index (κ3) is 2.76. The Hall–Kier alpha value is -1.58. The fraction of sp³-hybridized carbons (Fsp3) is 0.647. The van der Waals surface area contributed by atoms with Crippen LogP contribution in [0.2, 0.25) is 0 Å². The Morgan fingerprint density at radius 1 is 1.33 bits per heavy atom. The number of hydrogen-bond donors (Lipinski definition) is 0. The topological polar surface area (TPSA) is 48.3 Å². The molecule has 4 nitrogen and oxygen atoms in total. The molecule has 116 valence electrons. The summed E-state index contributed by atoms with van der Waals surface area (Å²) in [5, 5.41) is 0. The molecule has 1 unspecified atom stereocenters. The number of hydrogen-bond acceptors (Lipinski definition) is 3. The fourth-order valence-corrected chi connectivity index (χ4v) is 3.36. The molecule has 0 aliphatic heterocycles. The predicted octanol–water partition coefficient (Wildman–Crippen LogP) is 3.32. The molecule has 1 atom stereocenters. The number of ketones is 1. The lowest BCUT2D eigenvalue weighted by atomic mass is 9.76. The van der Waals surface area contributed by atoms with E-state index in [2.05, 4.69) is 13.8 Å². The van der Waals surface area contributed by atoms with Crippen molar-refractivity contribution in [1.82, 2.24) is 4.57 Å². The molecule has 0 aromatic carbocycles. The first kappa shape index (κ1) is 15.8. The van der Waals surface area contributed by atoms with Crippen molar-refractivity contribution < 1.29 is 14.3 Å². The largest absolute Gasteiger partial charge is 0.467 e. The lowest BCUT2D eigenvalue weighted by Gasteiger charge is -2.32. The summed E-state index contributed by atoms with van der Waals surface area (Å²) in [7, 11) is 1.41. The van der Waals surface area contributed by atoms with Gasteiger partial charge in [0.05, 0.1) is 7.11 Å². The predicted molar refractivity (Wildman–Crippen MR) is 81.5 cm³/mol. The van der Waals surface area contributed by atoms with Gasteiger partial charge >= 0.3 is 5.97 Å². The van der Waals surface area contributed by atoms with Gasteiger partial charge in [-0.15, -0.1) is 0 Å². The number of Topliss-reactive ketones (excluding diaryl/α,β-unsaturated/α-hetero) is 1. The average molecular weight is 291 g/mol. The summed E-state index contributed by atoms with van der Waals surface area (Å²) < 4.78 is 7.00. The van der Waals surface area contributed by atoms with Gasteiger partial charge in [0.25, 0.3) is 0 Å². The number of carbonyl (C=O) groups excluding carboxylic acids is 2. The van der Waals surface area contributed by atoms with Crippen molar-refractivity contribution in [1.29, 1.82) is 0 Å². The first-order chi connectivity index (χ1) is 9.68. The smallest absolute Gasteiger partial charge is 0.329 e. The number of nitrogens with zero attached hydrogens (tertiary/aromatic N) is 1. The van der Waals surface area contributed by atoms with Gasteiger partial charge < -0.3 is 9.30 Å². The Balaban J connectivity index is 2.60. The Kier molecular flexibility index (Phi) is 4.00. The lowest BCUT2D eigenvalue weighted by molar-refractivity contribution is -0.146. The van der Waals surface area contributed by atoms with E-state index in [1.54, 1.807) is 0 Å². The zero-order valence-corrected chi connectivity index (χ0v) is 13.8. The van der Waals surface area contributed by atoms with Crippen molar-refractivity contribution in [2.24, 2.45) is 11.3 Å². The van der Waals surface area contributed by atoms with E-state index >= 15 is 0 Å². The number of methoxy groups -OCH3 is 1. The van der Waals surface area contributed by atoms with Crippen LogP contribution in [0.3, 0.4) is 0 Å². The van der Waals surface area contributed by atoms with Crippen LogP contribution in [-0.4, -0.2) is 23.4 Å². The van der Waals surface area contributed by atoms with E-state index in [1.165, 1.54) is 7.11 Å². The van der Waals surface area contributed by atoms with Gasteiger partial charge in [-0.25, -0.2) is 4.79 Å². The van der Waals surface area contributed by atoms with Crippen LogP contribution in [0.4, 0.5) is 0 Å². The summed E-state index contributed by atoms with van der Waals surface area (Å²) in [6.45, 7) is 10.2. The van der Waals surface area contributed by atoms with E-state index in [0.717, 1.165) is 23.4 Å². The highest BCUT2D eigenvalue weighted by Crippen LogP contribution is 2.38. The normalized spacial score (nSPS) is 18.5. The highest BCUT2D eigenvalue weighted by Gasteiger charge is 2.37. The minimum atomic E-state index is -0.375. The molecular formula is C17H25NO3. The number of esters is 1. The number of ether oxygens (including phenoxy) is 1. The number of rotatable bonds is 3. The van der Waals surface area contributed by atoms with Crippen molar-refractivity contribution in [3.05, 3.63) is 23.0 Å². The van der Waals surface area contributed by atoms with Gasteiger partial charge in [-0.05, 0) is 30.7 Å². The number of carbonyl (C=O) groups is 2. The standard InChI is InChI=1S/C17H25NO3/c1-10(2)15(16(20)21-6)18-11(3)7-12-13(18)8-17(4,5)9-14(12)19/h7,10,15H,8-9H2,1-6H3. The third-order valence-electron chi connectivity index (χ3n) is 4.27. The molecule has 4 heteroatoms. The monoisotopic (exact) mass is 291 g/mol. The zero-order valence-electron chi connectivity index (χ0n) is 13.8. The van der Waals surface area contributed by atoms with E-state index in [9.17, 15) is 9.59 Å². The molecule has 0 amide bonds. The maximum absolute atomic E-state index is 12.4. The molecule has 1 heterocycles. The van der Waals surface area contributed by atoms with Crippen LogP contribution in [0.25, 0.3) is 0 Å². The van der Waals surface area contributed by atoms with Gasteiger partial charge in [-0.2, -0.15) is 0 Å². The highest BCUT2D eigenvalue weighted by molar-refractivity contribution is 5.99. The number of fused-ring (bicyclic) bond motifs is 1. The third-order valence-corrected chi connectivity index (χ3v) is 4.27. The van der Waals surface area contributed by atoms with Crippen LogP contribution in [0, 0.1) is 18.3 Å². The highest BCUT2D eigenvalue weighted by atomic mass is 16.5. The van der Waals surface area contributed by atoms with E-state index in [1.807, 2.05) is 31.4 Å². The van der Waals surface area contributed by atoms with Crippen molar-refractivity contribution in [3.63, 3.8) is 0 Å². The average Bonchev–Trinajstić information content (AvgIpc) is 2.66. The second-order valence-corrected chi connectivity index (χ2v) is 7.17. The SMILES string of the molecule is COC(=O)C(C(C)C)n1c(C)cc2c1CC(C)(C)CC2=O. The molecule has 0 spiro atoms. The summed E-state index contributed by atoms with van der Waals surface area (Å²) in [6, 6.07) is 1.55. The molecule has 1 aromatic rings. The first-order valence-corrected chi connectivity index (χ1v) is 7.49. The van der Waals surface area contributed by atoms with Crippen LogP contribution in [-0.2, 0) is 16.0 Å². The second kappa shape index (κ2) is 5.32. The quantitative estimate of drug-likeness (QED) is 0.803. The van der Waals surface area contributed by atoms with Crippen molar-refractivity contribution in [3.8, 4) is 0 Å². The Morgan fingerprint density at radius 2 is 1.95 bits per heavy atom. The maximum Gasteiger partial charge on any atom is 0.329 e. The Bertz CT molecular complexity index is 581. The van der Waals surface area contributed by atoms with Crippen molar-refractivity contribution in [2.45, 2.75) is 53.5 Å². The summed E-state index contributed by atoms with van der Waals surface area (Å²) in [5.41, 5.74) is 2.65. The van der Waals surface area contributed by atoms with Gasteiger partial charge in [0.2, 0.25) is 0 Å². The van der Waals surface area contributed by atoms with Gasteiger partial charge in [-0.1, -0.05) is 27.7 Å². The maximum atomic E-state index is 12.4. The van der Waals surface area contributed by atoms with Gasteiger partial charge in [-0.3, -0.25) is 4.79 Å². The van der Waals surface area contributed by atoms with Crippen LogP contribution in [0.15, 0.2) is 6.07 Å². The number of aromatic nitrogens is 1. The molecule has 0 saturated heterocycles. The lowest BCUT2D eigenvalue weighted by Crippen LogP contribution is -2.32. The molecular weight excluding hydrogens is 266 g/mol. The molecule has 0 saturated carbocycles. The van der Waals surface area contributed by atoms with E-state index in [4.69, 9.17) is 4.74 Å². The first-order valence-electron chi connectivity index (χ1n) is 7.49. The minimum absolute atomic E-state index is 0.0652. The van der Waals surface area contributed by atoms with Crippen LogP contribution < -0.4 is 0 Å². The fourth-order valence-electron chi connectivity index (χ4n) is 3.36. The van der Waals surface area contributed by atoms with E-state index in [0.29, 0.717) is 6.42 Å². The molecule has 0 fully saturated rings. The minimum Gasteiger partial charge on any atom is -0.467 e. The molecule has 1 aliphatic rings. The van der Waals surface area contributed by atoms with Crippen LogP contribution >= 0.6 is 0 Å². The second-order valence-electron chi connectivity index (χ2n) is 7.17. The van der Waals surface area contributed by atoms with Crippen LogP contribution in [0.5, 0.6) is 0 Å². The van der Waals surface area contributed by atoms with E-state index < -0.39 is 0 Å². The summed E-state index contributed by atoms with van der Waals surface area (Å²) in [4.78, 5) is 24.6. The summed E-state index contributed by atoms with van der Waals surface area (Å²) >= 11 is 0. The van der Waals surface area contributed by atoms with Gasteiger partial charge in [0, 0.05) is 23.4 Å². The molecule has 0 N–H and O–H groups in total. The molecule has 2 rings (SSSR count). The van der Waals surface area contributed by atoms with E-state index in [-0.39, 0.29) is 29.1 Å². The molecule has 1 aliphatic carbocycles.